The Kier molecular flexibility index (Phi) is 3.48. The molecule has 0 atom stereocenters. The largest absolute Gasteiger partial charge is 0.367 e. The van der Waals surface area contributed by atoms with Crippen LogP contribution >= 0.6 is 11.3 Å². The Labute approximate surface area is 121 Å². The van der Waals surface area contributed by atoms with Crippen LogP contribution in [0.2, 0.25) is 0 Å². The number of nitrogens with one attached hydrogen (secondary N) is 1. The first-order valence-electron chi connectivity index (χ1n) is 6.78. The van der Waals surface area contributed by atoms with Crippen molar-refractivity contribution in [1.29, 1.82) is 0 Å². The highest BCUT2D eigenvalue weighted by molar-refractivity contribution is 7.15. The molecule has 0 radical (unpaired) electrons. The van der Waals surface area contributed by atoms with Crippen molar-refractivity contribution in [1.82, 2.24) is 10.5 Å². The summed E-state index contributed by atoms with van der Waals surface area (Å²) >= 11 is 1.57. The van der Waals surface area contributed by atoms with Crippen molar-refractivity contribution in [3.63, 3.8) is 0 Å². The van der Waals surface area contributed by atoms with Crippen LogP contribution in [0, 0.1) is 6.92 Å². The molecule has 1 fully saturated rings. The molecule has 0 aliphatic heterocycles. The van der Waals surface area contributed by atoms with Crippen molar-refractivity contribution in [2.45, 2.75) is 38.6 Å². The molecule has 6 heteroatoms. The molecule has 3 rings (SSSR count). The van der Waals surface area contributed by atoms with Gasteiger partial charge in [0.15, 0.2) is 0 Å². The molecule has 0 aromatic carbocycles. The highest BCUT2D eigenvalue weighted by Crippen LogP contribution is 2.32. The first-order chi connectivity index (χ1) is 9.65. The molecule has 2 heterocycles. The summed E-state index contributed by atoms with van der Waals surface area (Å²) < 4.78 is 5.02. The van der Waals surface area contributed by atoms with Gasteiger partial charge in [0, 0.05) is 10.9 Å². The molecule has 1 amide bonds. The molecule has 2 aromatic rings. The number of aromatic nitrogens is 1. The number of aryl methyl sites for hydroxylation is 1. The average Bonchev–Trinajstić information content (AvgIpc) is 3.10. The number of amides is 1. The van der Waals surface area contributed by atoms with Gasteiger partial charge >= 0.3 is 0 Å². The van der Waals surface area contributed by atoms with Gasteiger partial charge in [0.25, 0.3) is 5.91 Å². The fourth-order valence-electron chi connectivity index (χ4n) is 2.58. The lowest BCUT2D eigenvalue weighted by Gasteiger charge is -2.11. The van der Waals surface area contributed by atoms with Gasteiger partial charge in [0.05, 0.1) is 4.88 Å². The van der Waals surface area contributed by atoms with Crippen molar-refractivity contribution in [3.8, 4) is 10.6 Å². The van der Waals surface area contributed by atoms with Crippen LogP contribution in [0.15, 0.2) is 16.7 Å². The van der Waals surface area contributed by atoms with E-state index >= 15 is 0 Å². The molecule has 2 aromatic heterocycles. The van der Waals surface area contributed by atoms with Gasteiger partial charge in [-0.25, -0.2) is 0 Å². The summed E-state index contributed by atoms with van der Waals surface area (Å²) in [5.41, 5.74) is 6.67. The minimum absolute atomic E-state index is 0.0848. The van der Waals surface area contributed by atoms with Crippen LogP contribution in [0.4, 0.5) is 5.88 Å². The summed E-state index contributed by atoms with van der Waals surface area (Å²) in [6.07, 6.45) is 4.40. The van der Waals surface area contributed by atoms with Crippen molar-refractivity contribution >= 4 is 23.1 Å². The number of hydrogen-bond donors (Lipinski definition) is 2. The summed E-state index contributed by atoms with van der Waals surface area (Å²) in [4.78, 5) is 14.5. The standard InChI is InChI=1S/C14H17N3O2S/c1-8-6-7-10(20-8)12-11(13(15)19-17-12)14(18)16-9-4-2-3-5-9/h6-7,9H,2-5,15H2,1H3,(H,16,18). The Balaban J connectivity index is 1.88. The van der Waals surface area contributed by atoms with E-state index in [-0.39, 0.29) is 17.8 Å². The third kappa shape index (κ3) is 2.43. The second-order valence-electron chi connectivity index (χ2n) is 5.14. The second kappa shape index (κ2) is 5.28. The fourth-order valence-corrected chi connectivity index (χ4v) is 3.43. The van der Waals surface area contributed by atoms with E-state index in [2.05, 4.69) is 10.5 Å². The summed E-state index contributed by atoms with van der Waals surface area (Å²) in [5, 5.41) is 6.97. The molecule has 5 nitrogen and oxygen atoms in total. The first kappa shape index (κ1) is 13.2. The normalized spacial score (nSPS) is 15.7. The van der Waals surface area contributed by atoms with Crippen LogP contribution in [0.5, 0.6) is 0 Å². The van der Waals surface area contributed by atoms with Crippen LogP contribution in [0.25, 0.3) is 10.6 Å². The van der Waals surface area contributed by atoms with E-state index in [1.807, 2.05) is 19.1 Å². The van der Waals surface area contributed by atoms with Gasteiger partial charge in [-0.05, 0) is 31.9 Å². The molecule has 1 saturated carbocycles. The van der Waals surface area contributed by atoms with Crippen LogP contribution in [-0.2, 0) is 0 Å². The van der Waals surface area contributed by atoms with Crippen molar-refractivity contribution < 1.29 is 9.32 Å². The second-order valence-corrected chi connectivity index (χ2v) is 6.42. The lowest BCUT2D eigenvalue weighted by atomic mass is 10.1. The molecule has 0 unspecified atom stereocenters. The van der Waals surface area contributed by atoms with Gasteiger partial charge in [0.1, 0.15) is 11.3 Å². The van der Waals surface area contributed by atoms with E-state index in [0.29, 0.717) is 11.3 Å². The highest BCUT2D eigenvalue weighted by Gasteiger charge is 2.26. The number of nitrogens with two attached hydrogens (primary N) is 1. The molecular weight excluding hydrogens is 274 g/mol. The molecule has 0 bridgehead atoms. The number of hydrogen-bond acceptors (Lipinski definition) is 5. The van der Waals surface area contributed by atoms with Crippen LogP contribution in [0.3, 0.4) is 0 Å². The Bertz CT molecular complexity index is 626. The van der Waals surface area contributed by atoms with Gasteiger partial charge in [-0.3, -0.25) is 4.79 Å². The maximum absolute atomic E-state index is 12.4. The quantitative estimate of drug-likeness (QED) is 0.911. The predicted octanol–water partition coefficient (Wildman–Crippen LogP) is 2.97. The predicted molar refractivity (Wildman–Crippen MR) is 78.7 cm³/mol. The summed E-state index contributed by atoms with van der Waals surface area (Å²) in [6, 6.07) is 4.17. The first-order valence-corrected chi connectivity index (χ1v) is 7.59. The van der Waals surface area contributed by atoms with Gasteiger partial charge < -0.3 is 15.6 Å². The third-order valence-electron chi connectivity index (χ3n) is 3.61. The molecule has 3 N–H and O–H groups in total. The SMILES string of the molecule is Cc1ccc(-c2noc(N)c2C(=O)NC2CCCC2)s1. The molecule has 0 saturated heterocycles. The average molecular weight is 291 g/mol. The van der Waals surface area contributed by atoms with Crippen molar-refractivity contribution in [2.75, 3.05) is 5.73 Å². The Morgan fingerprint density at radius 2 is 2.20 bits per heavy atom. The molecular formula is C14H17N3O2S. The number of thiophene rings is 1. The minimum Gasteiger partial charge on any atom is -0.367 e. The number of nitrogen functional groups attached to an aromatic ring is 1. The van der Waals surface area contributed by atoms with Crippen LogP contribution < -0.4 is 11.1 Å². The zero-order valence-electron chi connectivity index (χ0n) is 11.3. The topological polar surface area (TPSA) is 81.2 Å². The van der Waals surface area contributed by atoms with Gasteiger partial charge in [-0.2, -0.15) is 0 Å². The maximum Gasteiger partial charge on any atom is 0.259 e. The molecule has 1 aliphatic rings. The summed E-state index contributed by atoms with van der Waals surface area (Å²) in [6.45, 7) is 2.01. The number of carbonyl (C=O) groups is 1. The number of nitrogens with zero attached hydrogens (tertiary/aromatic N) is 1. The molecule has 106 valence electrons. The van der Waals surface area contributed by atoms with E-state index in [4.69, 9.17) is 10.3 Å². The maximum atomic E-state index is 12.4. The van der Waals surface area contributed by atoms with Crippen molar-refractivity contribution in [3.05, 3.63) is 22.6 Å². The number of anilines is 1. The molecule has 20 heavy (non-hydrogen) atoms. The van der Waals surface area contributed by atoms with E-state index in [0.717, 1.165) is 22.6 Å². The smallest absolute Gasteiger partial charge is 0.259 e. The molecule has 0 spiro atoms. The third-order valence-corrected chi connectivity index (χ3v) is 4.62. The Hall–Kier alpha value is -1.82. The highest BCUT2D eigenvalue weighted by atomic mass is 32.1. The minimum atomic E-state index is -0.184. The van der Waals surface area contributed by atoms with Crippen LogP contribution in [-0.4, -0.2) is 17.1 Å². The Morgan fingerprint density at radius 3 is 2.85 bits per heavy atom. The van der Waals surface area contributed by atoms with Crippen LogP contribution in [0.1, 0.15) is 40.9 Å². The van der Waals surface area contributed by atoms with Gasteiger partial charge in [0.2, 0.25) is 5.88 Å². The Morgan fingerprint density at radius 1 is 1.45 bits per heavy atom. The van der Waals surface area contributed by atoms with E-state index in [1.165, 1.54) is 12.8 Å². The van der Waals surface area contributed by atoms with Gasteiger partial charge in [-0.1, -0.05) is 18.0 Å². The summed E-state index contributed by atoms with van der Waals surface area (Å²) in [5.74, 6) is -0.0988. The number of rotatable bonds is 3. The van der Waals surface area contributed by atoms with E-state index < -0.39 is 0 Å². The summed E-state index contributed by atoms with van der Waals surface area (Å²) in [7, 11) is 0. The monoisotopic (exact) mass is 291 g/mol. The zero-order chi connectivity index (χ0) is 14.1. The van der Waals surface area contributed by atoms with Crippen molar-refractivity contribution in [2.24, 2.45) is 0 Å². The zero-order valence-corrected chi connectivity index (χ0v) is 12.1. The number of carbonyl (C=O) groups excluding carboxylic acids is 1. The lowest BCUT2D eigenvalue weighted by molar-refractivity contribution is 0.0939. The lowest BCUT2D eigenvalue weighted by Crippen LogP contribution is -2.33. The van der Waals surface area contributed by atoms with Gasteiger partial charge in [-0.15, -0.1) is 11.3 Å². The van der Waals surface area contributed by atoms with E-state index in [1.54, 1.807) is 11.3 Å². The molecule has 1 aliphatic carbocycles. The fraction of sp³-hybridized carbons (Fsp3) is 0.429. The van der Waals surface area contributed by atoms with E-state index in [9.17, 15) is 4.79 Å².